The number of esters is 1. The van der Waals surface area contributed by atoms with Gasteiger partial charge in [-0.2, -0.15) is 4.31 Å². The molecule has 8 nitrogen and oxygen atoms in total. The van der Waals surface area contributed by atoms with E-state index in [-0.39, 0.29) is 24.3 Å². The molecule has 0 unspecified atom stereocenters. The summed E-state index contributed by atoms with van der Waals surface area (Å²) in [5.41, 5.74) is 0.0118. The number of sulfonamides is 1. The van der Waals surface area contributed by atoms with Crippen LogP contribution in [0.1, 0.15) is 22.5 Å². The number of furan rings is 1. The Morgan fingerprint density at radius 2 is 2.05 bits per heavy atom. The van der Waals surface area contributed by atoms with Gasteiger partial charge in [0.05, 0.1) is 13.5 Å². The Bertz CT molecular complexity index is 617. The Kier molecular flexibility index (Phi) is 4.90. The maximum Gasteiger partial charge on any atom is 0.341 e. The number of aliphatic carboxylic acids is 1. The number of carbonyl (C=O) groups is 2. The molecule has 9 heteroatoms. The summed E-state index contributed by atoms with van der Waals surface area (Å²) in [7, 11) is -1.58. The molecule has 0 fully saturated rings. The van der Waals surface area contributed by atoms with Gasteiger partial charge in [0.25, 0.3) is 10.0 Å². The lowest BCUT2D eigenvalue weighted by Gasteiger charge is -2.13. The smallest absolute Gasteiger partial charge is 0.341 e. The van der Waals surface area contributed by atoms with Gasteiger partial charge in [-0.05, 0) is 6.92 Å². The molecule has 0 bridgehead atoms. The molecule has 0 atom stereocenters. The van der Waals surface area contributed by atoms with Crippen molar-refractivity contribution in [3.63, 3.8) is 0 Å². The van der Waals surface area contributed by atoms with Crippen molar-refractivity contribution >= 4 is 22.0 Å². The molecule has 0 amide bonds. The van der Waals surface area contributed by atoms with Crippen LogP contribution in [-0.4, -0.2) is 50.5 Å². The number of ether oxygens (including phenoxy) is 1. The number of carboxylic acid groups (broad SMARTS) is 1. The van der Waals surface area contributed by atoms with Gasteiger partial charge in [-0.1, -0.05) is 0 Å². The third-order valence-corrected chi connectivity index (χ3v) is 4.32. The van der Waals surface area contributed by atoms with Crippen molar-refractivity contribution in [2.75, 3.05) is 20.7 Å². The Hall–Kier alpha value is -1.87. The highest BCUT2D eigenvalue weighted by molar-refractivity contribution is 7.89. The summed E-state index contributed by atoms with van der Waals surface area (Å²) in [4.78, 5) is 21.8. The van der Waals surface area contributed by atoms with Crippen LogP contribution in [0.15, 0.2) is 15.6 Å². The summed E-state index contributed by atoms with van der Waals surface area (Å²) < 4.78 is 34.6. The fourth-order valence-electron chi connectivity index (χ4n) is 1.42. The zero-order valence-electron chi connectivity index (χ0n) is 11.2. The largest absolute Gasteiger partial charge is 0.481 e. The molecular weight excluding hydrogens is 290 g/mol. The molecule has 0 aliphatic heterocycles. The molecule has 0 spiro atoms. The zero-order valence-corrected chi connectivity index (χ0v) is 12.1. The number of aryl methyl sites for hydroxylation is 1. The van der Waals surface area contributed by atoms with Gasteiger partial charge in [-0.3, -0.25) is 4.79 Å². The van der Waals surface area contributed by atoms with Gasteiger partial charge in [-0.15, -0.1) is 0 Å². The van der Waals surface area contributed by atoms with E-state index in [4.69, 9.17) is 9.52 Å². The number of carbonyl (C=O) groups excluding carboxylic acids is 1. The van der Waals surface area contributed by atoms with Gasteiger partial charge in [0.1, 0.15) is 11.3 Å². The van der Waals surface area contributed by atoms with Crippen LogP contribution in [0, 0.1) is 6.92 Å². The third kappa shape index (κ3) is 3.36. The van der Waals surface area contributed by atoms with E-state index < -0.39 is 27.1 Å². The highest BCUT2D eigenvalue weighted by Gasteiger charge is 2.28. The lowest BCUT2D eigenvalue weighted by molar-refractivity contribution is -0.137. The summed E-state index contributed by atoms with van der Waals surface area (Å²) in [6.45, 7) is 1.23. The lowest BCUT2D eigenvalue weighted by Crippen LogP contribution is -2.29. The topological polar surface area (TPSA) is 114 Å². The average Bonchev–Trinajstić information content (AvgIpc) is 2.77. The second-order valence-corrected chi connectivity index (χ2v) is 5.97. The van der Waals surface area contributed by atoms with Crippen molar-refractivity contribution in [2.24, 2.45) is 0 Å². The first-order chi connectivity index (χ1) is 9.20. The number of methoxy groups -OCH3 is 1. The van der Waals surface area contributed by atoms with Crippen molar-refractivity contribution in [1.29, 1.82) is 0 Å². The minimum absolute atomic E-state index is 0.0118. The third-order valence-electron chi connectivity index (χ3n) is 2.61. The molecule has 1 aromatic rings. The Labute approximate surface area is 116 Å². The fourth-order valence-corrected chi connectivity index (χ4v) is 2.56. The van der Waals surface area contributed by atoms with Crippen LogP contribution in [0.2, 0.25) is 0 Å². The number of rotatable bonds is 6. The number of nitrogens with zero attached hydrogens (tertiary/aromatic N) is 1. The molecule has 20 heavy (non-hydrogen) atoms. The zero-order chi connectivity index (χ0) is 15.5. The summed E-state index contributed by atoms with van der Waals surface area (Å²) in [6, 6.07) is 1.06. The maximum absolute atomic E-state index is 12.1. The van der Waals surface area contributed by atoms with E-state index in [9.17, 15) is 18.0 Å². The SMILES string of the molecule is COC(=O)c1cc(S(=O)(=O)N(C)CCC(=O)O)oc1C. The Morgan fingerprint density at radius 3 is 2.55 bits per heavy atom. The normalized spacial score (nSPS) is 11.6. The molecule has 0 aliphatic rings. The van der Waals surface area contributed by atoms with Crippen LogP contribution in [0.4, 0.5) is 0 Å². The van der Waals surface area contributed by atoms with E-state index in [1.54, 1.807) is 0 Å². The van der Waals surface area contributed by atoms with Gasteiger partial charge < -0.3 is 14.3 Å². The van der Waals surface area contributed by atoms with Gasteiger partial charge in [0, 0.05) is 19.7 Å². The first-order valence-corrected chi connectivity index (χ1v) is 7.01. The van der Waals surface area contributed by atoms with E-state index in [1.807, 2.05) is 0 Å². The van der Waals surface area contributed by atoms with E-state index in [1.165, 1.54) is 21.1 Å². The lowest BCUT2D eigenvalue weighted by atomic mass is 10.3. The molecular formula is C11H15NO7S. The number of hydrogen-bond donors (Lipinski definition) is 1. The van der Waals surface area contributed by atoms with E-state index in [0.717, 1.165) is 10.4 Å². The molecule has 0 saturated heterocycles. The fraction of sp³-hybridized carbons (Fsp3) is 0.455. The van der Waals surface area contributed by atoms with E-state index in [2.05, 4.69) is 4.74 Å². The van der Waals surface area contributed by atoms with Crippen molar-refractivity contribution in [2.45, 2.75) is 18.4 Å². The van der Waals surface area contributed by atoms with Gasteiger partial charge in [0.2, 0.25) is 5.09 Å². The van der Waals surface area contributed by atoms with Gasteiger partial charge >= 0.3 is 11.9 Å². The van der Waals surface area contributed by atoms with Crippen LogP contribution < -0.4 is 0 Å². The maximum atomic E-state index is 12.1. The van der Waals surface area contributed by atoms with Crippen LogP contribution in [0.3, 0.4) is 0 Å². The predicted octanol–water partition coefficient (Wildman–Crippen LogP) is 0.470. The molecule has 0 saturated carbocycles. The summed E-state index contributed by atoms with van der Waals surface area (Å²) >= 11 is 0. The molecule has 1 rings (SSSR count). The molecule has 0 radical (unpaired) electrons. The van der Waals surface area contributed by atoms with E-state index >= 15 is 0 Å². The minimum atomic E-state index is -3.98. The van der Waals surface area contributed by atoms with Crippen LogP contribution in [0.25, 0.3) is 0 Å². The van der Waals surface area contributed by atoms with Gasteiger partial charge in [-0.25, -0.2) is 13.2 Å². The first kappa shape index (κ1) is 16.2. The summed E-state index contributed by atoms with van der Waals surface area (Å²) in [5.74, 6) is -1.71. The molecule has 0 aliphatic carbocycles. The van der Waals surface area contributed by atoms with Crippen molar-refractivity contribution in [3.8, 4) is 0 Å². The molecule has 1 N–H and O–H groups in total. The van der Waals surface area contributed by atoms with Crippen LogP contribution in [-0.2, 0) is 19.6 Å². The summed E-state index contributed by atoms with van der Waals surface area (Å²) in [5, 5.41) is 8.12. The molecule has 0 aromatic carbocycles. The Balaban J connectivity index is 3.04. The standard InChI is InChI=1S/C11H15NO7S/c1-7-8(11(15)18-3)6-10(19-7)20(16,17)12(2)5-4-9(13)14/h6H,4-5H2,1-3H3,(H,13,14). The minimum Gasteiger partial charge on any atom is -0.481 e. The van der Waals surface area contributed by atoms with Crippen molar-refractivity contribution in [3.05, 3.63) is 17.4 Å². The monoisotopic (exact) mass is 305 g/mol. The average molecular weight is 305 g/mol. The van der Waals surface area contributed by atoms with Crippen molar-refractivity contribution in [1.82, 2.24) is 4.31 Å². The van der Waals surface area contributed by atoms with E-state index in [0.29, 0.717) is 0 Å². The number of hydrogen-bond acceptors (Lipinski definition) is 6. The Morgan fingerprint density at radius 1 is 1.45 bits per heavy atom. The highest BCUT2D eigenvalue weighted by Crippen LogP contribution is 2.22. The van der Waals surface area contributed by atoms with Crippen molar-refractivity contribution < 1.29 is 32.3 Å². The quantitative estimate of drug-likeness (QED) is 0.760. The van der Waals surface area contributed by atoms with Gasteiger partial charge in [0.15, 0.2) is 0 Å². The second-order valence-electron chi connectivity index (χ2n) is 4.00. The first-order valence-electron chi connectivity index (χ1n) is 5.57. The number of carboxylic acids is 1. The molecule has 112 valence electrons. The van der Waals surface area contributed by atoms with Crippen LogP contribution in [0.5, 0.6) is 0 Å². The highest BCUT2D eigenvalue weighted by atomic mass is 32.2. The summed E-state index contributed by atoms with van der Waals surface area (Å²) in [6.07, 6.45) is -0.334. The molecule has 1 heterocycles. The molecule has 1 aromatic heterocycles. The predicted molar refractivity (Wildman–Crippen MR) is 66.9 cm³/mol. The van der Waals surface area contributed by atoms with Crippen LogP contribution >= 0.6 is 0 Å². The second kappa shape index (κ2) is 6.06.